The van der Waals surface area contributed by atoms with Crippen LogP contribution in [-0.4, -0.2) is 27.6 Å². The van der Waals surface area contributed by atoms with Gasteiger partial charge in [-0.3, -0.25) is 4.31 Å². The third-order valence-electron chi connectivity index (χ3n) is 3.02. The maximum atomic E-state index is 12.5. The van der Waals surface area contributed by atoms with E-state index in [0.29, 0.717) is 17.1 Å². The summed E-state index contributed by atoms with van der Waals surface area (Å²) in [5.41, 5.74) is 6.62. The van der Waals surface area contributed by atoms with E-state index in [2.05, 4.69) is 4.98 Å². The molecule has 2 rings (SSSR count). The summed E-state index contributed by atoms with van der Waals surface area (Å²) >= 11 is 0. The molecule has 0 saturated heterocycles. The Morgan fingerprint density at radius 1 is 1.35 bits per heavy atom. The molecule has 6 nitrogen and oxygen atoms in total. The summed E-state index contributed by atoms with van der Waals surface area (Å²) in [6.45, 7) is 0.258. The first-order chi connectivity index (χ1) is 9.50. The van der Waals surface area contributed by atoms with Crippen molar-refractivity contribution >= 4 is 15.7 Å². The number of nitrogens with two attached hydrogens (primary N) is 1. The van der Waals surface area contributed by atoms with Gasteiger partial charge in [-0.1, -0.05) is 12.1 Å². The predicted octanol–water partition coefficient (Wildman–Crippen LogP) is 1.31. The lowest BCUT2D eigenvalue weighted by molar-refractivity contribution is 0.416. The van der Waals surface area contributed by atoms with Crippen LogP contribution >= 0.6 is 0 Å². The molecule has 2 aromatic rings. The zero-order chi connectivity index (χ0) is 14.8. The molecule has 0 spiro atoms. The Kier molecular flexibility index (Phi) is 4.01. The van der Waals surface area contributed by atoms with Crippen LogP contribution in [0.3, 0.4) is 0 Å². The van der Waals surface area contributed by atoms with Gasteiger partial charge in [0, 0.05) is 25.5 Å². The van der Waals surface area contributed by atoms with Crippen molar-refractivity contribution in [3.63, 3.8) is 0 Å². The summed E-state index contributed by atoms with van der Waals surface area (Å²) in [6.07, 6.45) is 1.43. The standard InChI is InChI=1S/C13H17N3O3S/c1-16(12-5-3-4-6-13(12)19-2)20(17,18)11-7-10(8-14)15-9-11/h3-7,9,15H,8,14H2,1-2H3. The van der Waals surface area contributed by atoms with E-state index >= 15 is 0 Å². The first kappa shape index (κ1) is 14.4. The third-order valence-corrected chi connectivity index (χ3v) is 4.77. The molecule has 20 heavy (non-hydrogen) atoms. The van der Waals surface area contributed by atoms with Crippen LogP contribution in [0.1, 0.15) is 5.69 Å². The minimum Gasteiger partial charge on any atom is -0.495 e. The first-order valence-electron chi connectivity index (χ1n) is 6.00. The van der Waals surface area contributed by atoms with Gasteiger partial charge >= 0.3 is 0 Å². The molecule has 0 aliphatic heterocycles. The number of methoxy groups -OCH3 is 1. The molecule has 0 radical (unpaired) electrons. The Morgan fingerprint density at radius 2 is 2.05 bits per heavy atom. The first-order valence-corrected chi connectivity index (χ1v) is 7.44. The molecule has 7 heteroatoms. The molecular weight excluding hydrogens is 278 g/mol. The minimum atomic E-state index is -3.65. The zero-order valence-electron chi connectivity index (χ0n) is 11.3. The van der Waals surface area contributed by atoms with Gasteiger partial charge in [0.1, 0.15) is 10.6 Å². The Hall–Kier alpha value is -1.99. The van der Waals surface area contributed by atoms with Crippen molar-refractivity contribution in [3.8, 4) is 5.75 Å². The fraction of sp³-hybridized carbons (Fsp3) is 0.231. The Labute approximate surface area is 118 Å². The second-order valence-corrected chi connectivity index (χ2v) is 6.18. The van der Waals surface area contributed by atoms with Crippen molar-refractivity contribution in [2.24, 2.45) is 5.73 Å². The molecule has 0 aliphatic rings. The largest absolute Gasteiger partial charge is 0.495 e. The SMILES string of the molecule is COc1ccccc1N(C)S(=O)(=O)c1c[nH]c(CN)c1. The van der Waals surface area contributed by atoms with Crippen molar-refractivity contribution in [2.45, 2.75) is 11.4 Å². The fourth-order valence-electron chi connectivity index (χ4n) is 1.86. The molecule has 0 amide bonds. The van der Waals surface area contributed by atoms with E-state index in [1.54, 1.807) is 24.3 Å². The van der Waals surface area contributed by atoms with E-state index in [9.17, 15) is 8.42 Å². The molecule has 0 unspecified atom stereocenters. The fourth-order valence-corrected chi connectivity index (χ4v) is 3.09. The lowest BCUT2D eigenvalue weighted by Gasteiger charge is -2.20. The van der Waals surface area contributed by atoms with E-state index in [-0.39, 0.29) is 11.4 Å². The number of H-pyrrole nitrogens is 1. The number of hydrogen-bond acceptors (Lipinski definition) is 4. The van der Waals surface area contributed by atoms with Crippen LogP contribution in [0.25, 0.3) is 0 Å². The van der Waals surface area contributed by atoms with Gasteiger partial charge in [0.2, 0.25) is 0 Å². The maximum absolute atomic E-state index is 12.5. The van der Waals surface area contributed by atoms with Gasteiger partial charge in [-0.05, 0) is 18.2 Å². The number of hydrogen-bond donors (Lipinski definition) is 2. The predicted molar refractivity (Wildman–Crippen MR) is 77.3 cm³/mol. The van der Waals surface area contributed by atoms with Crippen molar-refractivity contribution in [1.82, 2.24) is 4.98 Å². The second-order valence-electron chi connectivity index (χ2n) is 4.21. The highest BCUT2D eigenvalue weighted by Gasteiger charge is 2.24. The number of rotatable bonds is 5. The van der Waals surface area contributed by atoms with E-state index in [4.69, 9.17) is 10.5 Å². The molecular formula is C13H17N3O3S. The number of benzene rings is 1. The molecule has 0 saturated carbocycles. The van der Waals surface area contributed by atoms with E-state index < -0.39 is 10.0 Å². The number of aromatic amines is 1. The highest BCUT2D eigenvalue weighted by Crippen LogP contribution is 2.30. The molecule has 1 heterocycles. The van der Waals surface area contributed by atoms with E-state index in [1.807, 2.05) is 0 Å². The van der Waals surface area contributed by atoms with Crippen molar-refractivity contribution in [2.75, 3.05) is 18.5 Å². The highest BCUT2D eigenvalue weighted by atomic mass is 32.2. The van der Waals surface area contributed by atoms with Gasteiger partial charge in [-0.2, -0.15) is 0 Å². The third kappa shape index (κ3) is 2.50. The Bertz CT molecular complexity index is 694. The van der Waals surface area contributed by atoms with Gasteiger partial charge in [-0.25, -0.2) is 8.42 Å². The Balaban J connectivity index is 2.43. The lowest BCUT2D eigenvalue weighted by Crippen LogP contribution is -2.26. The molecule has 3 N–H and O–H groups in total. The molecule has 0 fully saturated rings. The highest BCUT2D eigenvalue weighted by molar-refractivity contribution is 7.92. The van der Waals surface area contributed by atoms with Crippen LogP contribution in [0, 0.1) is 0 Å². The molecule has 1 aromatic heterocycles. The van der Waals surface area contributed by atoms with E-state index in [0.717, 1.165) is 0 Å². The van der Waals surface area contributed by atoms with Gasteiger partial charge in [0.15, 0.2) is 0 Å². The molecule has 0 bridgehead atoms. The average molecular weight is 295 g/mol. The zero-order valence-corrected chi connectivity index (χ0v) is 12.1. The molecule has 0 aliphatic carbocycles. The summed E-state index contributed by atoms with van der Waals surface area (Å²) in [4.78, 5) is 3.01. The maximum Gasteiger partial charge on any atom is 0.265 e. The number of aromatic nitrogens is 1. The van der Waals surface area contributed by atoms with Crippen LogP contribution in [-0.2, 0) is 16.6 Å². The number of sulfonamides is 1. The van der Waals surface area contributed by atoms with Gasteiger partial charge in [0.05, 0.1) is 12.8 Å². The van der Waals surface area contributed by atoms with Gasteiger partial charge in [-0.15, -0.1) is 0 Å². The summed E-state index contributed by atoms with van der Waals surface area (Å²) in [5, 5.41) is 0. The summed E-state index contributed by atoms with van der Waals surface area (Å²) < 4.78 is 31.5. The number of nitrogens with one attached hydrogen (secondary N) is 1. The van der Waals surface area contributed by atoms with Gasteiger partial charge < -0.3 is 15.5 Å². The normalized spacial score (nSPS) is 11.3. The van der Waals surface area contributed by atoms with Crippen molar-refractivity contribution in [3.05, 3.63) is 42.2 Å². The van der Waals surface area contributed by atoms with Crippen LogP contribution in [0.15, 0.2) is 41.4 Å². The van der Waals surface area contributed by atoms with Crippen LogP contribution in [0.5, 0.6) is 5.75 Å². The number of ether oxygens (including phenoxy) is 1. The summed E-state index contributed by atoms with van der Waals surface area (Å²) in [6, 6.07) is 8.47. The Morgan fingerprint density at radius 3 is 2.65 bits per heavy atom. The number of para-hydroxylation sites is 2. The second kappa shape index (κ2) is 5.56. The monoisotopic (exact) mass is 295 g/mol. The minimum absolute atomic E-state index is 0.173. The average Bonchev–Trinajstić information content (AvgIpc) is 2.96. The van der Waals surface area contributed by atoms with Crippen molar-refractivity contribution in [1.29, 1.82) is 0 Å². The van der Waals surface area contributed by atoms with Crippen molar-refractivity contribution < 1.29 is 13.2 Å². The quantitative estimate of drug-likeness (QED) is 0.870. The van der Waals surface area contributed by atoms with Crippen LogP contribution in [0.2, 0.25) is 0 Å². The number of anilines is 1. The summed E-state index contributed by atoms with van der Waals surface area (Å²) in [5.74, 6) is 0.494. The molecule has 0 atom stereocenters. The van der Waals surface area contributed by atoms with Gasteiger partial charge in [0.25, 0.3) is 10.0 Å². The molecule has 108 valence electrons. The molecule has 1 aromatic carbocycles. The van der Waals surface area contributed by atoms with Crippen LogP contribution in [0.4, 0.5) is 5.69 Å². The lowest BCUT2D eigenvalue weighted by atomic mass is 10.3. The topological polar surface area (TPSA) is 88.4 Å². The van der Waals surface area contributed by atoms with E-state index in [1.165, 1.54) is 30.7 Å². The van der Waals surface area contributed by atoms with Crippen LogP contribution < -0.4 is 14.8 Å². The summed E-state index contributed by atoms with van der Waals surface area (Å²) in [7, 11) is -0.657. The number of nitrogens with zero attached hydrogens (tertiary/aromatic N) is 1. The smallest absolute Gasteiger partial charge is 0.265 e.